The lowest BCUT2D eigenvalue weighted by Gasteiger charge is -2.35. The van der Waals surface area contributed by atoms with E-state index in [4.69, 9.17) is 0 Å². The number of hydrogen-bond donors (Lipinski definition) is 2. The molecule has 1 aliphatic rings. The predicted molar refractivity (Wildman–Crippen MR) is 96.4 cm³/mol. The molecule has 0 unspecified atom stereocenters. The normalized spacial score (nSPS) is 17.0. The molecule has 0 aliphatic carbocycles. The summed E-state index contributed by atoms with van der Waals surface area (Å²) in [6.45, 7) is 1.14. The standard InChI is InChI=1S/C19H22N4O2/c24-18(15-7-2-1-3-8-15)21-14-17-10-4-5-12-23(17)19(25)22-16-9-6-11-20-13-16/h1-3,6-9,11,13,17H,4-5,10,12,14H2,(H,21,24)(H,22,25)/t17-/m1/s1. The van der Waals surface area contributed by atoms with E-state index in [2.05, 4.69) is 15.6 Å². The quantitative estimate of drug-likeness (QED) is 0.900. The molecule has 6 heteroatoms. The van der Waals surface area contributed by atoms with Gasteiger partial charge in [-0.1, -0.05) is 18.2 Å². The molecule has 3 amide bonds. The van der Waals surface area contributed by atoms with Gasteiger partial charge in [0.25, 0.3) is 5.91 Å². The number of carbonyl (C=O) groups excluding carboxylic acids is 2. The number of nitrogens with one attached hydrogen (secondary N) is 2. The molecule has 1 saturated heterocycles. The van der Waals surface area contributed by atoms with Crippen molar-refractivity contribution < 1.29 is 9.59 Å². The maximum absolute atomic E-state index is 12.6. The van der Waals surface area contributed by atoms with Crippen LogP contribution in [0.25, 0.3) is 0 Å². The number of anilines is 1. The lowest BCUT2D eigenvalue weighted by Crippen LogP contribution is -2.50. The van der Waals surface area contributed by atoms with Gasteiger partial charge >= 0.3 is 6.03 Å². The van der Waals surface area contributed by atoms with E-state index in [1.807, 2.05) is 23.1 Å². The van der Waals surface area contributed by atoms with E-state index < -0.39 is 0 Å². The van der Waals surface area contributed by atoms with Gasteiger partial charge in [-0.15, -0.1) is 0 Å². The van der Waals surface area contributed by atoms with Crippen LogP contribution in [0.2, 0.25) is 0 Å². The molecule has 6 nitrogen and oxygen atoms in total. The third kappa shape index (κ3) is 4.56. The molecular formula is C19H22N4O2. The van der Waals surface area contributed by atoms with Gasteiger partial charge in [-0.2, -0.15) is 0 Å². The fourth-order valence-corrected chi connectivity index (χ4v) is 3.01. The lowest BCUT2D eigenvalue weighted by molar-refractivity contribution is 0.0929. The maximum atomic E-state index is 12.6. The van der Waals surface area contributed by atoms with Crippen molar-refractivity contribution in [1.29, 1.82) is 0 Å². The third-order valence-electron chi connectivity index (χ3n) is 4.34. The summed E-state index contributed by atoms with van der Waals surface area (Å²) in [5, 5.41) is 5.82. The van der Waals surface area contributed by atoms with Crippen molar-refractivity contribution in [3.05, 3.63) is 60.4 Å². The third-order valence-corrected chi connectivity index (χ3v) is 4.34. The van der Waals surface area contributed by atoms with Crippen LogP contribution in [0.15, 0.2) is 54.9 Å². The van der Waals surface area contributed by atoms with Gasteiger partial charge in [0.15, 0.2) is 0 Å². The van der Waals surface area contributed by atoms with Crippen LogP contribution < -0.4 is 10.6 Å². The molecule has 0 saturated carbocycles. The first kappa shape index (κ1) is 17.0. The first-order valence-corrected chi connectivity index (χ1v) is 8.55. The first-order chi connectivity index (χ1) is 12.2. The number of hydrogen-bond acceptors (Lipinski definition) is 3. The van der Waals surface area contributed by atoms with Crippen LogP contribution in [0.3, 0.4) is 0 Å². The first-order valence-electron chi connectivity index (χ1n) is 8.55. The predicted octanol–water partition coefficient (Wildman–Crippen LogP) is 2.90. The lowest BCUT2D eigenvalue weighted by atomic mass is 10.0. The molecule has 2 aromatic rings. The van der Waals surface area contributed by atoms with Crippen LogP contribution in [0.5, 0.6) is 0 Å². The van der Waals surface area contributed by atoms with Gasteiger partial charge in [0.1, 0.15) is 0 Å². The van der Waals surface area contributed by atoms with Gasteiger partial charge in [-0.25, -0.2) is 4.79 Å². The zero-order chi connectivity index (χ0) is 17.5. The number of pyridine rings is 1. The Labute approximate surface area is 147 Å². The van der Waals surface area contributed by atoms with Crippen LogP contribution in [0.1, 0.15) is 29.6 Å². The molecule has 1 aromatic heterocycles. The van der Waals surface area contributed by atoms with E-state index >= 15 is 0 Å². The molecule has 2 heterocycles. The highest BCUT2D eigenvalue weighted by atomic mass is 16.2. The Bertz CT molecular complexity index is 706. The number of piperidine rings is 1. The molecule has 1 aliphatic heterocycles. The van der Waals surface area contributed by atoms with Crippen LogP contribution in [0, 0.1) is 0 Å². The Morgan fingerprint density at radius 1 is 1.12 bits per heavy atom. The van der Waals surface area contributed by atoms with E-state index in [1.54, 1.807) is 36.7 Å². The number of likely N-dealkylation sites (tertiary alicyclic amines) is 1. The largest absolute Gasteiger partial charge is 0.350 e. The molecular weight excluding hydrogens is 316 g/mol. The topological polar surface area (TPSA) is 74.3 Å². The van der Waals surface area contributed by atoms with Crippen molar-refractivity contribution in [2.45, 2.75) is 25.3 Å². The van der Waals surface area contributed by atoms with Crippen molar-refractivity contribution in [3.8, 4) is 0 Å². The second-order valence-corrected chi connectivity index (χ2v) is 6.09. The van der Waals surface area contributed by atoms with Gasteiger partial charge in [0.05, 0.1) is 17.9 Å². The van der Waals surface area contributed by atoms with Gasteiger partial charge in [-0.3, -0.25) is 9.78 Å². The minimum atomic E-state index is -0.147. The summed E-state index contributed by atoms with van der Waals surface area (Å²) in [6, 6.07) is 12.6. The minimum Gasteiger partial charge on any atom is -0.350 e. The minimum absolute atomic E-state index is 0.00177. The number of nitrogens with zero attached hydrogens (tertiary/aromatic N) is 2. The van der Waals surface area contributed by atoms with Gasteiger partial charge in [0.2, 0.25) is 0 Å². The average Bonchev–Trinajstić information content (AvgIpc) is 2.68. The monoisotopic (exact) mass is 338 g/mol. The SMILES string of the molecule is O=C(NC[C@H]1CCCCN1C(=O)Nc1cccnc1)c1ccccc1. The summed E-state index contributed by atoms with van der Waals surface area (Å²) >= 11 is 0. The molecule has 0 bridgehead atoms. The van der Waals surface area contributed by atoms with Crippen LogP contribution >= 0.6 is 0 Å². The molecule has 2 N–H and O–H groups in total. The molecule has 130 valence electrons. The fraction of sp³-hybridized carbons (Fsp3) is 0.316. The Balaban J connectivity index is 1.59. The molecule has 3 rings (SSSR count). The molecule has 1 fully saturated rings. The Morgan fingerprint density at radius 3 is 2.72 bits per heavy atom. The molecule has 1 atom stereocenters. The Kier molecular flexibility index (Phi) is 5.61. The smallest absolute Gasteiger partial charge is 0.322 e. The number of aromatic nitrogens is 1. The van der Waals surface area contributed by atoms with Gasteiger partial charge in [0, 0.05) is 24.8 Å². The number of urea groups is 1. The average molecular weight is 338 g/mol. The summed E-state index contributed by atoms with van der Waals surface area (Å²) in [5.41, 5.74) is 1.30. The van der Waals surface area contributed by atoms with E-state index in [0.29, 0.717) is 24.3 Å². The summed E-state index contributed by atoms with van der Waals surface area (Å²) in [6.07, 6.45) is 6.20. The second-order valence-electron chi connectivity index (χ2n) is 6.09. The zero-order valence-corrected chi connectivity index (χ0v) is 14.0. The summed E-state index contributed by atoms with van der Waals surface area (Å²) in [7, 11) is 0. The number of benzene rings is 1. The van der Waals surface area contributed by atoms with Crippen LogP contribution in [0.4, 0.5) is 10.5 Å². The van der Waals surface area contributed by atoms with Crippen molar-refractivity contribution in [2.24, 2.45) is 0 Å². The Hall–Kier alpha value is -2.89. The van der Waals surface area contributed by atoms with Crippen molar-refractivity contribution >= 4 is 17.6 Å². The maximum Gasteiger partial charge on any atom is 0.322 e. The highest BCUT2D eigenvalue weighted by Gasteiger charge is 2.27. The van der Waals surface area contributed by atoms with E-state index in [0.717, 1.165) is 19.3 Å². The van der Waals surface area contributed by atoms with Crippen molar-refractivity contribution in [1.82, 2.24) is 15.2 Å². The van der Waals surface area contributed by atoms with Crippen molar-refractivity contribution in [2.75, 3.05) is 18.4 Å². The van der Waals surface area contributed by atoms with E-state index in [-0.39, 0.29) is 18.0 Å². The number of carbonyl (C=O) groups is 2. The molecule has 0 spiro atoms. The van der Waals surface area contributed by atoms with Gasteiger partial charge < -0.3 is 15.5 Å². The highest BCUT2D eigenvalue weighted by molar-refractivity contribution is 5.94. The second kappa shape index (κ2) is 8.28. The summed E-state index contributed by atoms with van der Waals surface area (Å²) in [5.74, 6) is -0.112. The van der Waals surface area contributed by atoms with Gasteiger partial charge in [-0.05, 0) is 43.5 Å². The number of rotatable bonds is 4. The van der Waals surface area contributed by atoms with E-state index in [1.165, 1.54) is 0 Å². The summed E-state index contributed by atoms with van der Waals surface area (Å²) < 4.78 is 0. The zero-order valence-electron chi connectivity index (χ0n) is 14.0. The van der Waals surface area contributed by atoms with Crippen LogP contribution in [-0.4, -0.2) is 41.0 Å². The Morgan fingerprint density at radius 2 is 1.96 bits per heavy atom. The van der Waals surface area contributed by atoms with Crippen LogP contribution in [-0.2, 0) is 0 Å². The summed E-state index contributed by atoms with van der Waals surface area (Å²) in [4.78, 5) is 30.6. The molecule has 1 aromatic carbocycles. The van der Waals surface area contributed by atoms with E-state index in [9.17, 15) is 9.59 Å². The molecule has 25 heavy (non-hydrogen) atoms. The number of amides is 3. The fourth-order valence-electron chi connectivity index (χ4n) is 3.01. The van der Waals surface area contributed by atoms with Crippen molar-refractivity contribution in [3.63, 3.8) is 0 Å². The molecule has 0 radical (unpaired) electrons. The highest BCUT2D eigenvalue weighted by Crippen LogP contribution is 2.18.